The Morgan fingerprint density at radius 1 is 1.11 bits per heavy atom. The molecule has 0 aliphatic rings. The average molecular weight is 306 g/mol. The summed E-state index contributed by atoms with van der Waals surface area (Å²) in [7, 11) is 0. The molecule has 0 spiro atoms. The van der Waals surface area contributed by atoms with Crippen LogP contribution in [-0.4, -0.2) is 0 Å². The number of hydrogen-bond donors (Lipinski definition) is 0. The summed E-state index contributed by atoms with van der Waals surface area (Å²) in [4.78, 5) is 0. The summed E-state index contributed by atoms with van der Waals surface area (Å²) in [5.74, 6) is 0. The Morgan fingerprint density at radius 3 is 2.33 bits per heavy atom. The summed E-state index contributed by atoms with van der Waals surface area (Å²) in [6, 6.07) is 10.7. The second-order valence-electron chi connectivity index (χ2n) is 2.09. The van der Waals surface area contributed by atoms with Gasteiger partial charge in [0.1, 0.15) is 0 Å². The van der Waals surface area contributed by atoms with E-state index in [1.807, 2.05) is 0 Å². The molecule has 1 heteroatoms. The molecular formula is C8H9Hg. The van der Waals surface area contributed by atoms with Crippen LogP contribution in [0.2, 0.25) is 3.93 Å². The summed E-state index contributed by atoms with van der Waals surface area (Å²) in [5, 5.41) is 0. The first-order chi connectivity index (χ1) is 4.43. The molecule has 0 amide bonds. The standard InChI is InChI=1S/C8H9.Hg/c1-2-8-6-4-3-5-7-8;/h3-7H,1-2H2;. The minimum absolute atomic E-state index is 0.973. The molecule has 1 rings (SSSR count). The zero-order chi connectivity index (χ0) is 6.53. The summed E-state index contributed by atoms with van der Waals surface area (Å²) in [5.41, 5.74) is 1.49. The van der Waals surface area contributed by atoms with Gasteiger partial charge in [0.05, 0.1) is 0 Å². The van der Waals surface area contributed by atoms with Gasteiger partial charge >= 0.3 is 72.4 Å². The molecule has 1 aromatic carbocycles. The third kappa shape index (κ3) is 2.48. The van der Waals surface area contributed by atoms with Crippen LogP contribution in [0, 0.1) is 0 Å². The van der Waals surface area contributed by atoms with E-state index in [2.05, 4.69) is 30.3 Å². The Kier molecular flexibility index (Phi) is 3.27. The topological polar surface area (TPSA) is 0 Å². The van der Waals surface area contributed by atoms with Gasteiger partial charge in [-0.1, -0.05) is 0 Å². The fourth-order valence-corrected chi connectivity index (χ4v) is 2.44. The maximum absolute atomic E-state index is 2.20. The fraction of sp³-hybridized carbons (Fsp3) is 0.250. The fourth-order valence-electron chi connectivity index (χ4n) is 0.849. The first-order valence-corrected chi connectivity index (χ1v) is 7.15. The number of hydrogen-bond acceptors (Lipinski definition) is 0. The van der Waals surface area contributed by atoms with Crippen molar-refractivity contribution in [2.75, 3.05) is 0 Å². The molecule has 0 N–H and O–H groups in total. The number of benzene rings is 1. The van der Waals surface area contributed by atoms with Gasteiger partial charge in [-0.05, 0) is 0 Å². The van der Waals surface area contributed by atoms with E-state index in [4.69, 9.17) is 0 Å². The number of aryl methyl sites for hydroxylation is 1. The van der Waals surface area contributed by atoms with Crippen molar-refractivity contribution in [3.05, 3.63) is 35.9 Å². The van der Waals surface area contributed by atoms with Crippen LogP contribution in [0.15, 0.2) is 30.3 Å². The van der Waals surface area contributed by atoms with E-state index in [9.17, 15) is 0 Å². The molecular weight excluding hydrogens is 297 g/mol. The Labute approximate surface area is 72.3 Å². The molecule has 0 radical (unpaired) electrons. The van der Waals surface area contributed by atoms with Crippen LogP contribution in [0.4, 0.5) is 0 Å². The van der Waals surface area contributed by atoms with Crippen molar-refractivity contribution in [2.45, 2.75) is 10.4 Å². The van der Waals surface area contributed by atoms with Crippen molar-refractivity contribution in [2.24, 2.45) is 0 Å². The van der Waals surface area contributed by atoms with Crippen molar-refractivity contribution in [3.63, 3.8) is 0 Å². The predicted molar refractivity (Wildman–Crippen MR) is 35.0 cm³/mol. The third-order valence-corrected chi connectivity index (χ3v) is 2.68. The molecule has 0 atom stereocenters. The Balaban J connectivity index is 2.61. The molecule has 0 bridgehead atoms. The van der Waals surface area contributed by atoms with Gasteiger partial charge < -0.3 is 0 Å². The summed E-state index contributed by atoms with van der Waals surface area (Å²) < 4.78 is 1.43. The van der Waals surface area contributed by atoms with E-state index < -0.39 is 0 Å². The quantitative estimate of drug-likeness (QED) is 0.735. The van der Waals surface area contributed by atoms with Crippen LogP contribution >= 0.6 is 0 Å². The Morgan fingerprint density at radius 2 is 1.78 bits per heavy atom. The van der Waals surface area contributed by atoms with Crippen LogP contribution in [0.5, 0.6) is 0 Å². The summed E-state index contributed by atoms with van der Waals surface area (Å²) >= 11 is 0.973. The summed E-state index contributed by atoms with van der Waals surface area (Å²) in [6.45, 7) is 0. The van der Waals surface area contributed by atoms with Crippen molar-refractivity contribution in [3.8, 4) is 0 Å². The molecule has 0 fully saturated rings. The Bertz CT molecular complexity index is 157. The minimum atomic E-state index is 0.973. The molecule has 9 heavy (non-hydrogen) atoms. The van der Waals surface area contributed by atoms with Gasteiger partial charge in [0.15, 0.2) is 0 Å². The molecule has 0 aliphatic heterocycles. The first-order valence-electron chi connectivity index (χ1n) is 3.26. The SMILES string of the molecule is [Hg][CH2]Cc1ccccc1. The zero-order valence-corrected chi connectivity index (χ0v) is 11.0. The van der Waals surface area contributed by atoms with Gasteiger partial charge in [0.2, 0.25) is 0 Å². The van der Waals surface area contributed by atoms with Crippen LogP contribution in [0.1, 0.15) is 5.56 Å². The third-order valence-electron chi connectivity index (χ3n) is 1.31. The van der Waals surface area contributed by atoms with Gasteiger partial charge in [0, 0.05) is 0 Å². The van der Waals surface area contributed by atoms with E-state index in [0.29, 0.717) is 0 Å². The first kappa shape index (κ1) is 7.26. The van der Waals surface area contributed by atoms with Crippen molar-refractivity contribution >= 4 is 0 Å². The maximum atomic E-state index is 2.20. The number of rotatable bonds is 2. The van der Waals surface area contributed by atoms with E-state index in [-0.39, 0.29) is 0 Å². The summed E-state index contributed by atoms with van der Waals surface area (Å²) in [6.07, 6.45) is 1.30. The van der Waals surface area contributed by atoms with Gasteiger partial charge in [-0.2, -0.15) is 0 Å². The van der Waals surface area contributed by atoms with Crippen LogP contribution in [-0.2, 0) is 32.5 Å². The molecule has 0 saturated carbocycles. The van der Waals surface area contributed by atoms with Crippen molar-refractivity contribution in [1.29, 1.82) is 0 Å². The molecule has 1 aromatic rings. The molecule has 43 valence electrons. The normalized spacial score (nSPS) is 9.56. The van der Waals surface area contributed by atoms with Gasteiger partial charge in [-0.15, -0.1) is 0 Å². The second-order valence-corrected chi connectivity index (χ2v) is 4.84. The molecule has 0 unspecified atom stereocenters. The van der Waals surface area contributed by atoms with Crippen LogP contribution in [0.3, 0.4) is 0 Å². The predicted octanol–water partition coefficient (Wildman–Crippen LogP) is 2.19. The van der Waals surface area contributed by atoms with Gasteiger partial charge in [-0.25, -0.2) is 0 Å². The van der Waals surface area contributed by atoms with Gasteiger partial charge in [0.25, 0.3) is 0 Å². The van der Waals surface area contributed by atoms with Crippen molar-refractivity contribution < 1.29 is 26.1 Å². The monoisotopic (exact) mass is 307 g/mol. The Hall–Kier alpha value is 0.155. The van der Waals surface area contributed by atoms with Crippen LogP contribution < -0.4 is 0 Å². The van der Waals surface area contributed by atoms with Gasteiger partial charge in [-0.3, -0.25) is 0 Å². The molecule has 0 nitrogen and oxygen atoms in total. The average Bonchev–Trinajstić information content (AvgIpc) is 1.91. The molecule has 0 aliphatic carbocycles. The molecule has 0 saturated heterocycles. The van der Waals surface area contributed by atoms with Crippen molar-refractivity contribution in [1.82, 2.24) is 0 Å². The van der Waals surface area contributed by atoms with Crippen LogP contribution in [0.25, 0.3) is 0 Å². The van der Waals surface area contributed by atoms with E-state index in [0.717, 1.165) is 26.1 Å². The van der Waals surface area contributed by atoms with E-state index in [1.165, 1.54) is 15.9 Å². The zero-order valence-electron chi connectivity index (χ0n) is 5.51. The van der Waals surface area contributed by atoms with E-state index >= 15 is 0 Å². The molecule has 0 aromatic heterocycles. The van der Waals surface area contributed by atoms with E-state index in [1.54, 1.807) is 0 Å². The molecule has 0 heterocycles. The second kappa shape index (κ2) is 4.05.